The van der Waals surface area contributed by atoms with Crippen molar-refractivity contribution >= 4 is 16.5 Å². The number of thiazole rings is 1. The van der Waals surface area contributed by atoms with E-state index in [0.29, 0.717) is 0 Å². The number of aliphatic hydroxyl groups is 1. The van der Waals surface area contributed by atoms with Crippen molar-refractivity contribution in [1.82, 2.24) is 4.98 Å². The number of anilines is 1. The van der Waals surface area contributed by atoms with Crippen LogP contribution < -0.4 is 4.90 Å². The molecule has 0 fully saturated rings. The largest absolute Gasteiger partial charge is 0.388 e. The second kappa shape index (κ2) is 6.21. The van der Waals surface area contributed by atoms with Gasteiger partial charge in [-0.3, -0.25) is 0 Å². The highest BCUT2D eigenvalue weighted by Crippen LogP contribution is 2.30. The van der Waals surface area contributed by atoms with Gasteiger partial charge in [0.1, 0.15) is 0 Å². The Kier molecular flexibility index (Phi) is 5.22. The number of nitrogens with zero attached hydrogens (tertiary/aromatic N) is 2. The van der Waals surface area contributed by atoms with Crippen LogP contribution in [0.5, 0.6) is 0 Å². The molecule has 0 amide bonds. The Morgan fingerprint density at radius 1 is 1.31 bits per heavy atom. The third kappa shape index (κ3) is 3.19. The van der Waals surface area contributed by atoms with Crippen LogP contribution in [-0.4, -0.2) is 23.2 Å². The zero-order chi connectivity index (χ0) is 12.1. The van der Waals surface area contributed by atoms with Gasteiger partial charge in [-0.2, -0.15) is 0 Å². The average molecular weight is 242 g/mol. The molecule has 1 aromatic rings. The molecular weight excluding hydrogens is 220 g/mol. The second-order valence-corrected chi connectivity index (χ2v) is 5.12. The fourth-order valence-corrected chi connectivity index (χ4v) is 2.81. The van der Waals surface area contributed by atoms with Crippen molar-refractivity contribution < 1.29 is 5.11 Å². The van der Waals surface area contributed by atoms with Gasteiger partial charge >= 0.3 is 0 Å². The number of aromatic nitrogens is 1. The van der Waals surface area contributed by atoms with E-state index in [1.807, 2.05) is 6.92 Å². The predicted octanol–water partition coefficient (Wildman–Crippen LogP) is 3.13. The lowest BCUT2D eigenvalue weighted by molar-refractivity contribution is 0.202. The molecule has 1 unspecified atom stereocenters. The van der Waals surface area contributed by atoms with Gasteiger partial charge in [-0.1, -0.05) is 25.2 Å². The van der Waals surface area contributed by atoms with Gasteiger partial charge in [0, 0.05) is 13.1 Å². The fourth-order valence-electron chi connectivity index (χ4n) is 1.76. The first-order valence-corrected chi connectivity index (χ1v) is 6.82. The molecule has 92 valence electrons. The highest BCUT2D eigenvalue weighted by atomic mass is 32.1. The monoisotopic (exact) mass is 242 g/mol. The third-order valence-corrected chi connectivity index (χ3v) is 3.85. The number of aryl methyl sites for hydroxylation is 1. The van der Waals surface area contributed by atoms with Gasteiger partial charge in [-0.05, 0) is 26.7 Å². The number of rotatable bonds is 6. The molecular formula is C12H22N2OS. The van der Waals surface area contributed by atoms with E-state index >= 15 is 0 Å². The van der Waals surface area contributed by atoms with Crippen molar-refractivity contribution in [3.63, 3.8) is 0 Å². The number of hydrogen-bond donors (Lipinski definition) is 1. The fraction of sp³-hybridized carbons (Fsp3) is 0.750. The van der Waals surface area contributed by atoms with Crippen LogP contribution in [0.15, 0.2) is 0 Å². The average Bonchev–Trinajstić information content (AvgIpc) is 2.60. The maximum absolute atomic E-state index is 9.61. The van der Waals surface area contributed by atoms with Crippen LogP contribution in [0.2, 0.25) is 0 Å². The molecule has 0 aliphatic heterocycles. The second-order valence-electron chi connectivity index (χ2n) is 4.11. The summed E-state index contributed by atoms with van der Waals surface area (Å²) < 4.78 is 0. The Bertz CT molecular complexity index is 317. The number of hydrogen-bond acceptors (Lipinski definition) is 4. The molecule has 0 aromatic carbocycles. The molecule has 16 heavy (non-hydrogen) atoms. The molecule has 1 aromatic heterocycles. The van der Waals surface area contributed by atoms with Gasteiger partial charge < -0.3 is 10.0 Å². The van der Waals surface area contributed by atoms with E-state index < -0.39 is 6.10 Å². The van der Waals surface area contributed by atoms with Crippen LogP contribution in [0, 0.1) is 6.92 Å². The van der Waals surface area contributed by atoms with Crippen molar-refractivity contribution in [2.75, 3.05) is 18.0 Å². The zero-order valence-electron chi connectivity index (χ0n) is 10.7. The first-order chi connectivity index (χ1) is 7.60. The van der Waals surface area contributed by atoms with Crippen LogP contribution in [0.4, 0.5) is 5.13 Å². The molecule has 0 radical (unpaired) electrons. The first kappa shape index (κ1) is 13.5. The lowest BCUT2D eigenvalue weighted by Crippen LogP contribution is -2.24. The summed E-state index contributed by atoms with van der Waals surface area (Å²) in [6.45, 7) is 10.2. The molecule has 1 rings (SSSR count). The summed E-state index contributed by atoms with van der Waals surface area (Å²) in [5.41, 5.74) is 0.965. The molecule has 1 heterocycles. The van der Waals surface area contributed by atoms with Crippen molar-refractivity contribution in [3.05, 3.63) is 10.6 Å². The lowest BCUT2D eigenvalue weighted by Gasteiger charge is -2.19. The smallest absolute Gasteiger partial charge is 0.185 e. The van der Waals surface area contributed by atoms with Crippen molar-refractivity contribution in [2.45, 2.75) is 46.6 Å². The standard InChI is InChI=1S/C12H22N2OS/c1-5-7-14(8-6-2)12-13-9(3)11(16-12)10(4)15/h10,15H,5-8H2,1-4H3. The maximum atomic E-state index is 9.61. The van der Waals surface area contributed by atoms with Crippen LogP contribution in [-0.2, 0) is 0 Å². The van der Waals surface area contributed by atoms with E-state index in [4.69, 9.17) is 0 Å². The van der Waals surface area contributed by atoms with E-state index in [-0.39, 0.29) is 0 Å². The van der Waals surface area contributed by atoms with Crippen LogP contribution in [0.25, 0.3) is 0 Å². The number of aliphatic hydroxyl groups excluding tert-OH is 1. The minimum atomic E-state index is -0.406. The molecule has 0 saturated heterocycles. The lowest BCUT2D eigenvalue weighted by atomic mass is 10.3. The Hall–Kier alpha value is -0.610. The van der Waals surface area contributed by atoms with Crippen molar-refractivity contribution in [3.8, 4) is 0 Å². The summed E-state index contributed by atoms with van der Waals surface area (Å²) in [5, 5.41) is 10.7. The van der Waals surface area contributed by atoms with Crippen LogP contribution in [0.3, 0.4) is 0 Å². The van der Waals surface area contributed by atoms with Gasteiger partial charge in [-0.15, -0.1) is 0 Å². The maximum Gasteiger partial charge on any atom is 0.185 e. The van der Waals surface area contributed by atoms with Gasteiger partial charge in [0.2, 0.25) is 0 Å². The minimum absolute atomic E-state index is 0.406. The summed E-state index contributed by atoms with van der Waals surface area (Å²) in [4.78, 5) is 7.86. The van der Waals surface area contributed by atoms with Crippen LogP contribution >= 0.6 is 11.3 Å². The summed E-state index contributed by atoms with van der Waals surface area (Å²) in [6, 6.07) is 0. The summed E-state index contributed by atoms with van der Waals surface area (Å²) in [6.07, 6.45) is 1.85. The summed E-state index contributed by atoms with van der Waals surface area (Å²) >= 11 is 1.62. The van der Waals surface area contributed by atoms with Gasteiger partial charge in [0.15, 0.2) is 5.13 Å². The molecule has 3 nitrogen and oxygen atoms in total. The Morgan fingerprint density at radius 2 is 1.88 bits per heavy atom. The topological polar surface area (TPSA) is 36.4 Å². The Balaban J connectivity index is 2.87. The van der Waals surface area contributed by atoms with Crippen molar-refractivity contribution in [1.29, 1.82) is 0 Å². The molecule has 0 spiro atoms. The molecule has 0 aliphatic rings. The van der Waals surface area contributed by atoms with E-state index in [2.05, 4.69) is 23.7 Å². The molecule has 1 atom stereocenters. The van der Waals surface area contributed by atoms with E-state index in [1.54, 1.807) is 18.3 Å². The summed E-state index contributed by atoms with van der Waals surface area (Å²) in [5.74, 6) is 0. The van der Waals surface area contributed by atoms with Gasteiger partial charge in [-0.25, -0.2) is 4.98 Å². The highest BCUT2D eigenvalue weighted by Gasteiger charge is 2.15. The molecule has 1 N–H and O–H groups in total. The van der Waals surface area contributed by atoms with E-state index in [0.717, 1.165) is 41.6 Å². The molecule has 0 aliphatic carbocycles. The Morgan fingerprint density at radius 3 is 2.25 bits per heavy atom. The minimum Gasteiger partial charge on any atom is -0.388 e. The quantitative estimate of drug-likeness (QED) is 0.832. The van der Waals surface area contributed by atoms with E-state index in [9.17, 15) is 5.11 Å². The normalized spacial score (nSPS) is 12.8. The molecule has 0 bridgehead atoms. The molecule has 0 saturated carbocycles. The Labute approximate surface area is 102 Å². The third-order valence-electron chi connectivity index (χ3n) is 2.46. The predicted molar refractivity (Wildman–Crippen MR) is 70.3 cm³/mol. The van der Waals surface area contributed by atoms with Crippen LogP contribution in [0.1, 0.15) is 50.3 Å². The highest BCUT2D eigenvalue weighted by molar-refractivity contribution is 7.15. The van der Waals surface area contributed by atoms with Gasteiger partial charge in [0.25, 0.3) is 0 Å². The SMILES string of the molecule is CCCN(CCC)c1nc(C)c(C(C)O)s1. The van der Waals surface area contributed by atoms with E-state index in [1.165, 1.54) is 0 Å². The van der Waals surface area contributed by atoms with Gasteiger partial charge in [0.05, 0.1) is 16.7 Å². The van der Waals surface area contributed by atoms with Crippen molar-refractivity contribution in [2.24, 2.45) is 0 Å². The molecule has 4 heteroatoms. The summed E-state index contributed by atoms with van der Waals surface area (Å²) in [7, 11) is 0. The first-order valence-electron chi connectivity index (χ1n) is 6.00. The zero-order valence-corrected chi connectivity index (χ0v) is 11.5.